The minimum absolute atomic E-state index is 0.136. The number of hydrogen-bond donors (Lipinski definition) is 1. The van der Waals surface area contributed by atoms with E-state index in [1.165, 1.54) is 35.6 Å². The van der Waals surface area contributed by atoms with Crippen LogP contribution >= 0.6 is 22.9 Å². The van der Waals surface area contributed by atoms with E-state index < -0.39 is 23.3 Å². The molecular weight excluding hydrogens is 437 g/mol. The van der Waals surface area contributed by atoms with Gasteiger partial charge >= 0.3 is 6.18 Å². The lowest BCUT2D eigenvalue weighted by Gasteiger charge is -2.13. The molecule has 30 heavy (non-hydrogen) atoms. The van der Waals surface area contributed by atoms with Crippen molar-refractivity contribution < 1.29 is 18.0 Å². The first-order valence-electron chi connectivity index (χ1n) is 8.55. The van der Waals surface area contributed by atoms with Crippen molar-refractivity contribution in [2.45, 2.75) is 6.18 Å². The van der Waals surface area contributed by atoms with Gasteiger partial charge in [0, 0.05) is 27.9 Å². The summed E-state index contributed by atoms with van der Waals surface area (Å²) in [6, 6.07) is 12.4. The molecule has 1 amide bonds. The highest BCUT2D eigenvalue weighted by Crippen LogP contribution is 2.34. The Bertz CT molecular complexity index is 1190. The van der Waals surface area contributed by atoms with Crippen LogP contribution in [0.4, 0.5) is 18.9 Å². The molecule has 0 aliphatic rings. The number of benzene rings is 2. The summed E-state index contributed by atoms with van der Waals surface area (Å²) in [4.78, 5) is 16.9. The van der Waals surface area contributed by atoms with Gasteiger partial charge in [0.2, 0.25) is 0 Å². The third kappa shape index (κ3) is 4.07. The molecule has 5 nitrogen and oxygen atoms in total. The first-order chi connectivity index (χ1) is 14.3. The van der Waals surface area contributed by atoms with Gasteiger partial charge in [0.15, 0.2) is 5.69 Å². The molecule has 0 spiro atoms. The maximum absolute atomic E-state index is 13.8. The van der Waals surface area contributed by atoms with Crippen LogP contribution in [-0.4, -0.2) is 20.7 Å². The minimum Gasteiger partial charge on any atom is -0.322 e. The van der Waals surface area contributed by atoms with Gasteiger partial charge in [0.1, 0.15) is 5.01 Å². The van der Waals surface area contributed by atoms with E-state index in [2.05, 4.69) is 15.4 Å². The Hall–Kier alpha value is -3.17. The Morgan fingerprint density at radius 2 is 1.90 bits per heavy atom. The largest absolute Gasteiger partial charge is 0.434 e. The lowest BCUT2D eigenvalue weighted by molar-refractivity contribution is -0.143. The Labute approximate surface area is 177 Å². The Morgan fingerprint density at radius 1 is 1.13 bits per heavy atom. The number of rotatable bonds is 4. The summed E-state index contributed by atoms with van der Waals surface area (Å²) in [5.41, 5.74) is -0.525. The van der Waals surface area contributed by atoms with Crippen molar-refractivity contribution in [2.24, 2.45) is 0 Å². The molecule has 0 radical (unpaired) electrons. The highest BCUT2D eigenvalue weighted by Gasteiger charge is 2.40. The second-order valence-electron chi connectivity index (χ2n) is 6.17. The highest BCUT2D eigenvalue weighted by atomic mass is 35.5. The number of amides is 1. The van der Waals surface area contributed by atoms with Crippen molar-refractivity contribution in [1.29, 1.82) is 0 Å². The number of halogens is 4. The van der Waals surface area contributed by atoms with E-state index in [9.17, 15) is 18.0 Å². The van der Waals surface area contributed by atoms with Gasteiger partial charge in [-0.2, -0.15) is 18.3 Å². The van der Waals surface area contributed by atoms with Crippen LogP contribution in [0, 0.1) is 0 Å². The molecular formula is C20H12ClF3N4OS. The number of anilines is 1. The fourth-order valence-electron chi connectivity index (χ4n) is 2.86. The normalized spacial score (nSPS) is 11.5. The predicted octanol–water partition coefficient (Wildman–Crippen LogP) is 5.92. The van der Waals surface area contributed by atoms with Gasteiger partial charge in [0.25, 0.3) is 5.91 Å². The maximum Gasteiger partial charge on any atom is 0.434 e. The van der Waals surface area contributed by atoms with Crippen molar-refractivity contribution in [3.8, 4) is 16.3 Å². The van der Waals surface area contributed by atoms with Crippen LogP contribution in [0.25, 0.3) is 16.3 Å². The summed E-state index contributed by atoms with van der Waals surface area (Å²) in [6.45, 7) is 0. The molecule has 0 unspecified atom stereocenters. The molecule has 4 rings (SSSR count). The predicted molar refractivity (Wildman–Crippen MR) is 109 cm³/mol. The molecule has 2 heterocycles. The van der Waals surface area contributed by atoms with Gasteiger partial charge in [-0.05, 0) is 36.4 Å². The zero-order chi connectivity index (χ0) is 21.3. The van der Waals surface area contributed by atoms with Crippen molar-refractivity contribution in [1.82, 2.24) is 14.8 Å². The van der Waals surface area contributed by atoms with Gasteiger partial charge in [-0.3, -0.25) is 4.79 Å². The molecule has 1 N–H and O–H groups in total. The number of thiazole rings is 1. The lowest BCUT2D eigenvalue weighted by atomic mass is 10.2. The van der Waals surface area contributed by atoms with E-state index in [1.807, 2.05) is 0 Å². The number of alkyl halides is 3. The first kappa shape index (κ1) is 20.1. The van der Waals surface area contributed by atoms with Gasteiger partial charge in [-0.15, -0.1) is 11.3 Å². The molecule has 152 valence electrons. The topological polar surface area (TPSA) is 59.8 Å². The summed E-state index contributed by atoms with van der Waals surface area (Å²) in [7, 11) is 0. The summed E-state index contributed by atoms with van der Waals surface area (Å²) in [5.74, 6) is -0.918. The average Bonchev–Trinajstić information content (AvgIpc) is 3.39. The van der Waals surface area contributed by atoms with Crippen molar-refractivity contribution >= 4 is 34.5 Å². The summed E-state index contributed by atoms with van der Waals surface area (Å²) < 4.78 is 42.0. The Balaban J connectivity index is 1.68. The fourth-order valence-corrected chi connectivity index (χ4v) is 3.62. The first-order valence-corrected chi connectivity index (χ1v) is 9.81. The van der Waals surface area contributed by atoms with Crippen molar-refractivity contribution in [2.75, 3.05) is 5.32 Å². The van der Waals surface area contributed by atoms with E-state index >= 15 is 0 Å². The molecule has 0 saturated carbocycles. The highest BCUT2D eigenvalue weighted by molar-refractivity contribution is 7.13. The number of carbonyl (C=O) groups excluding carboxylic acids is 1. The standard InChI is InChI=1S/C20H12ClF3N4OS/c21-13-4-6-15(7-5-13)28-17(20(22,23)24)16(11-26-28)18(29)27-14-3-1-2-12(10-14)19-25-8-9-30-19/h1-11H,(H,27,29). The van der Waals surface area contributed by atoms with E-state index in [0.717, 1.165) is 16.8 Å². The molecule has 4 aromatic rings. The SMILES string of the molecule is O=C(Nc1cccc(-c2nccs2)c1)c1cnn(-c2ccc(Cl)cc2)c1C(F)(F)F. The molecule has 0 saturated heterocycles. The third-order valence-electron chi connectivity index (χ3n) is 4.15. The number of aromatic nitrogens is 3. The molecule has 0 bridgehead atoms. The monoisotopic (exact) mass is 448 g/mol. The quantitative estimate of drug-likeness (QED) is 0.421. The number of nitrogens with one attached hydrogen (secondary N) is 1. The van der Waals surface area contributed by atoms with Crippen LogP contribution in [0.3, 0.4) is 0 Å². The van der Waals surface area contributed by atoms with Crippen LogP contribution in [-0.2, 0) is 6.18 Å². The zero-order valence-electron chi connectivity index (χ0n) is 15.0. The summed E-state index contributed by atoms with van der Waals surface area (Å²) in [6.07, 6.45) is -2.25. The summed E-state index contributed by atoms with van der Waals surface area (Å²) in [5, 5.41) is 9.21. The van der Waals surface area contributed by atoms with Crippen molar-refractivity contribution in [3.63, 3.8) is 0 Å². The number of nitrogens with zero attached hydrogens (tertiary/aromatic N) is 3. The van der Waals surface area contributed by atoms with Gasteiger partial charge in [-0.1, -0.05) is 23.7 Å². The van der Waals surface area contributed by atoms with Gasteiger partial charge < -0.3 is 5.32 Å². The fraction of sp³-hybridized carbons (Fsp3) is 0.0500. The average molecular weight is 449 g/mol. The van der Waals surface area contributed by atoms with E-state index in [0.29, 0.717) is 15.4 Å². The Kier molecular flexibility index (Phi) is 5.31. The molecule has 2 aromatic heterocycles. The second kappa shape index (κ2) is 7.92. The van der Waals surface area contributed by atoms with Crippen LogP contribution in [0.2, 0.25) is 5.02 Å². The third-order valence-corrected chi connectivity index (χ3v) is 5.23. The van der Waals surface area contributed by atoms with E-state index in [4.69, 9.17) is 11.6 Å². The molecule has 2 aromatic carbocycles. The smallest absolute Gasteiger partial charge is 0.322 e. The molecule has 0 atom stereocenters. The van der Waals surface area contributed by atoms with Crippen LogP contribution in [0.15, 0.2) is 66.3 Å². The van der Waals surface area contributed by atoms with E-state index in [-0.39, 0.29) is 5.69 Å². The van der Waals surface area contributed by atoms with Crippen molar-refractivity contribution in [3.05, 3.63) is 82.6 Å². The van der Waals surface area contributed by atoms with Crippen LogP contribution in [0.1, 0.15) is 16.1 Å². The molecule has 0 aliphatic heterocycles. The van der Waals surface area contributed by atoms with E-state index in [1.54, 1.807) is 35.8 Å². The summed E-state index contributed by atoms with van der Waals surface area (Å²) >= 11 is 7.22. The maximum atomic E-state index is 13.8. The molecule has 0 aliphatic carbocycles. The van der Waals surface area contributed by atoms with Gasteiger partial charge in [0.05, 0.1) is 17.4 Å². The van der Waals surface area contributed by atoms with Gasteiger partial charge in [-0.25, -0.2) is 9.67 Å². The number of carbonyl (C=O) groups is 1. The molecule has 10 heteroatoms. The van der Waals surface area contributed by atoms with Crippen LogP contribution in [0.5, 0.6) is 0 Å². The second-order valence-corrected chi connectivity index (χ2v) is 7.50. The zero-order valence-corrected chi connectivity index (χ0v) is 16.6. The minimum atomic E-state index is -4.80. The number of hydrogen-bond acceptors (Lipinski definition) is 4. The van der Waals surface area contributed by atoms with Crippen LogP contribution < -0.4 is 5.32 Å². The lowest BCUT2D eigenvalue weighted by Crippen LogP contribution is -2.20. The molecule has 0 fully saturated rings. The Morgan fingerprint density at radius 3 is 2.57 bits per heavy atom.